The van der Waals surface area contributed by atoms with Crippen molar-refractivity contribution in [2.45, 2.75) is 44.6 Å². The number of hydrogen-bond acceptors (Lipinski definition) is 5. The average molecular weight is 332 g/mol. The summed E-state index contributed by atoms with van der Waals surface area (Å²) in [6.45, 7) is 2.10. The monoisotopic (exact) mass is 332 g/mol. The molecule has 7 heteroatoms. The molecule has 2 aromatic heterocycles. The molecule has 0 atom stereocenters. The largest absolute Gasteiger partial charge is 0.480 e. The molecule has 0 aromatic carbocycles. The predicted molar refractivity (Wildman–Crippen MR) is 84.3 cm³/mol. The maximum atomic E-state index is 12.4. The van der Waals surface area contributed by atoms with Crippen LogP contribution in [-0.4, -0.2) is 27.7 Å². The van der Waals surface area contributed by atoms with Crippen molar-refractivity contribution in [1.29, 1.82) is 0 Å². The van der Waals surface area contributed by atoms with Crippen LogP contribution in [0.5, 0.6) is 0 Å². The van der Waals surface area contributed by atoms with Gasteiger partial charge in [-0.05, 0) is 43.7 Å². The fraction of sp³-hybridized carbons (Fsp3) is 0.471. The number of furan rings is 1. The molecule has 0 spiro atoms. The van der Waals surface area contributed by atoms with Gasteiger partial charge in [0.05, 0.1) is 6.26 Å². The van der Waals surface area contributed by atoms with E-state index in [1.807, 2.05) is 0 Å². The van der Waals surface area contributed by atoms with Crippen LogP contribution in [0.25, 0.3) is 11.5 Å². The SMILES string of the molecule is CCC1CCC(NC(=O)c2cc(-c3ccco3)on2)(C(=O)O)CC1. The third kappa shape index (κ3) is 3.06. The van der Waals surface area contributed by atoms with E-state index in [2.05, 4.69) is 17.4 Å². The Morgan fingerprint density at radius 3 is 2.71 bits per heavy atom. The molecular formula is C17H20N2O5. The standard InChI is InChI=1S/C17H20N2O5/c1-2-11-5-7-17(8-6-11,16(21)22)18-15(20)12-10-14(24-19-12)13-4-3-9-23-13/h3-4,9-11H,2,5-8H2,1H3,(H,18,20)(H,21,22). The third-order valence-electron chi connectivity index (χ3n) is 4.81. The van der Waals surface area contributed by atoms with Crippen molar-refractivity contribution in [2.24, 2.45) is 5.92 Å². The summed E-state index contributed by atoms with van der Waals surface area (Å²) in [5.41, 5.74) is -1.19. The predicted octanol–water partition coefficient (Wildman–Crippen LogP) is 3.09. The summed E-state index contributed by atoms with van der Waals surface area (Å²) in [4.78, 5) is 24.2. The highest BCUT2D eigenvalue weighted by molar-refractivity contribution is 5.96. The number of carbonyl (C=O) groups is 2. The lowest BCUT2D eigenvalue weighted by atomic mass is 9.75. The number of rotatable bonds is 5. The van der Waals surface area contributed by atoms with E-state index < -0.39 is 17.4 Å². The van der Waals surface area contributed by atoms with Gasteiger partial charge in [-0.1, -0.05) is 18.5 Å². The lowest BCUT2D eigenvalue weighted by molar-refractivity contribution is -0.146. The van der Waals surface area contributed by atoms with Gasteiger partial charge in [-0.15, -0.1) is 0 Å². The Balaban J connectivity index is 1.74. The van der Waals surface area contributed by atoms with Crippen LogP contribution in [0.4, 0.5) is 0 Å². The van der Waals surface area contributed by atoms with Gasteiger partial charge in [-0.2, -0.15) is 0 Å². The van der Waals surface area contributed by atoms with E-state index in [4.69, 9.17) is 8.94 Å². The van der Waals surface area contributed by atoms with E-state index in [9.17, 15) is 14.7 Å². The minimum absolute atomic E-state index is 0.0413. The van der Waals surface area contributed by atoms with Gasteiger partial charge < -0.3 is 19.4 Å². The van der Waals surface area contributed by atoms with Gasteiger partial charge >= 0.3 is 5.97 Å². The Labute approximate surface area is 139 Å². The second-order valence-electron chi connectivity index (χ2n) is 6.25. The molecule has 3 rings (SSSR count). The van der Waals surface area contributed by atoms with Gasteiger partial charge in [0.1, 0.15) is 5.54 Å². The highest BCUT2D eigenvalue weighted by atomic mass is 16.5. The fourth-order valence-corrected chi connectivity index (χ4v) is 3.17. The molecule has 128 valence electrons. The summed E-state index contributed by atoms with van der Waals surface area (Å²) in [5, 5.41) is 16.0. The van der Waals surface area contributed by atoms with Gasteiger partial charge in [0.15, 0.2) is 11.5 Å². The molecule has 0 radical (unpaired) electrons. The summed E-state index contributed by atoms with van der Waals surface area (Å²) in [6.07, 6.45) is 4.95. The van der Waals surface area contributed by atoms with E-state index in [0.717, 1.165) is 19.3 Å². The number of amides is 1. The maximum Gasteiger partial charge on any atom is 0.329 e. The van der Waals surface area contributed by atoms with Crippen molar-refractivity contribution in [3.63, 3.8) is 0 Å². The Morgan fingerprint density at radius 1 is 1.38 bits per heavy atom. The van der Waals surface area contributed by atoms with Crippen molar-refractivity contribution >= 4 is 11.9 Å². The number of aromatic nitrogens is 1. The van der Waals surface area contributed by atoms with E-state index >= 15 is 0 Å². The molecule has 1 saturated carbocycles. The van der Waals surface area contributed by atoms with Crippen LogP contribution >= 0.6 is 0 Å². The number of carboxylic acid groups (broad SMARTS) is 1. The van der Waals surface area contributed by atoms with E-state index in [0.29, 0.717) is 30.3 Å². The highest BCUT2D eigenvalue weighted by Gasteiger charge is 2.43. The molecule has 7 nitrogen and oxygen atoms in total. The van der Waals surface area contributed by atoms with Gasteiger partial charge in [0, 0.05) is 6.07 Å². The van der Waals surface area contributed by atoms with Crippen molar-refractivity contribution in [2.75, 3.05) is 0 Å². The van der Waals surface area contributed by atoms with Gasteiger partial charge in [0.25, 0.3) is 5.91 Å². The normalized spacial score (nSPS) is 23.8. The van der Waals surface area contributed by atoms with Crippen LogP contribution in [0.3, 0.4) is 0 Å². The molecule has 0 saturated heterocycles. The molecule has 0 aliphatic heterocycles. The second-order valence-corrected chi connectivity index (χ2v) is 6.25. The first-order valence-corrected chi connectivity index (χ1v) is 8.10. The summed E-state index contributed by atoms with van der Waals surface area (Å²) in [5.74, 6) is -0.247. The zero-order valence-corrected chi connectivity index (χ0v) is 13.4. The Kier molecular flexibility index (Phi) is 4.42. The zero-order valence-electron chi connectivity index (χ0n) is 13.4. The molecule has 1 amide bonds. The number of nitrogens with zero attached hydrogens (tertiary/aromatic N) is 1. The number of carbonyl (C=O) groups excluding carboxylic acids is 1. The lowest BCUT2D eigenvalue weighted by Gasteiger charge is -2.37. The topological polar surface area (TPSA) is 106 Å². The van der Waals surface area contributed by atoms with Crippen LogP contribution in [-0.2, 0) is 4.79 Å². The smallest absolute Gasteiger partial charge is 0.329 e. The zero-order chi connectivity index (χ0) is 17.2. The molecule has 2 N–H and O–H groups in total. The summed E-state index contributed by atoms with van der Waals surface area (Å²) in [6, 6.07) is 4.83. The van der Waals surface area contributed by atoms with Crippen molar-refractivity contribution in [3.8, 4) is 11.5 Å². The van der Waals surface area contributed by atoms with E-state index in [-0.39, 0.29) is 5.69 Å². The van der Waals surface area contributed by atoms with E-state index in [1.54, 1.807) is 12.1 Å². The maximum absolute atomic E-state index is 12.4. The molecule has 2 heterocycles. The Morgan fingerprint density at radius 2 is 2.12 bits per heavy atom. The molecule has 1 aliphatic carbocycles. The molecule has 0 bridgehead atoms. The number of carboxylic acids is 1. The summed E-state index contributed by atoms with van der Waals surface area (Å²) in [7, 11) is 0. The summed E-state index contributed by atoms with van der Waals surface area (Å²) >= 11 is 0. The number of nitrogens with one attached hydrogen (secondary N) is 1. The third-order valence-corrected chi connectivity index (χ3v) is 4.81. The van der Waals surface area contributed by atoms with Crippen LogP contribution in [0.2, 0.25) is 0 Å². The molecule has 0 unspecified atom stereocenters. The van der Waals surface area contributed by atoms with Crippen LogP contribution in [0.15, 0.2) is 33.4 Å². The first-order chi connectivity index (χ1) is 11.5. The van der Waals surface area contributed by atoms with Crippen molar-refractivity contribution in [3.05, 3.63) is 30.2 Å². The van der Waals surface area contributed by atoms with Gasteiger partial charge in [-0.3, -0.25) is 4.79 Å². The Bertz CT molecular complexity index is 711. The van der Waals surface area contributed by atoms with E-state index in [1.165, 1.54) is 12.3 Å². The van der Waals surface area contributed by atoms with Gasteiger partial charge in [0.2, 0.25) is 5.76 Å². The lowest BCUT2D eigenvalue weighted by Crippen LogP contribution is -2.56. The fourth-order valence-electron chi connectivity index (χ4n) is 3.17. The first-order valence-electron chi connectivity index (χ1n) is 8.10. The average Bonchev–Trinajstić information content (AvgIpc) is 3.26. The minimum Gasteiger partial charge on any atom is -0.480 e. The summed E-state index contributed by atoms with van der Waals surface area (Å²) < 4.78 is 10.3. The van der Waals surface area contributed by atoms with Crippen molar-refractivity contribution in [1.82, 2.24) is 10.5 Å². The molecule has 1 aliphatic rings. The molecule has 1 fully saturated rings. The number of aliphatic carboxylic acids is 1. The highest BCUT2D eigenvalue weighted by Crippen LogP contribution is 2.34. The van der Waals surface area contributed by atoms with Gasteiger partial charge in [-0.25, -0.2) is 4.79 Å². The van der Waals surface area contributed by atoms with Crippen LogP contribution < -0.4 is 5.32 Å². The minimum atomic E-state index is -1.23. The quantitative estimate of drug-likeness (QED) is 0.871. The van der Waals surface area contributed by atoms with Crippen LogP contribution in [0, 0.1) is 5.92 Å². The first kappa shape index (κ1) is 16.3. The Hall–Kier alpha value is -2.57. The van der Waals surface area contributed by atoms with Crippen LogP contribution in [0.1, 0.15) is 49.5 Å². The molecule has 2 aromatic rings. The molecule has 24 heavy (non-hydrogen) atoms. The molecular weight excluding hydrogens is 312 g/mol. The second kappa shape index (κ2) is 6.51. The van der Waals surface area contributed by atoms with Crippen molar-refractivity contribution < 1.29 is 23.6 Å². The number of hydrogen-bond donors (Lipinski definition) is 2.